The van der Waals surface area contributed by atoms with Crippen LogP contribution in [0.2, 0.25) is 0 Å². The third-order valence-corrected chi connectivity index (χ3v) is 4.32. The number of hydrogen-bond acceptors (Lipinski definition) is 1. The molecule has 0 saturated heterocycles. The van der Waals surface area contributed by atoms with E-state index in [4.69, 9.17) is 4.99 Å². The first-order chi connectivity index (χ1) is 10.6. The predicted molar refractivity (Wildman–Crippen MR) is 100 cm³/mol. The van der Waals surface area contributed by atoms with Crippen molar-refractivity contribution < 1.29 is 4.39 Å². The van der Waals surface area contributed by atoms with Gasteiger partial charge in [-0.1, -0.05) is 42.5 Å². The van der Waals surface area contributed by atoms with E-state index in [1.165, 1.54) is 18.4 Å². The molecule has 1 atom stereocenters. The minimum absolute atomic E-state index is 0. The van der Waals surface area contributed by atoms with Gasteiger partial charge in [-0.05, 0) is 61.8 Å². The fourth-order valence-electron chi connectivity index (χ4n) is 2.65. The zero-order valence-corrected chi connectivity index (χ0v) is 14.7. The Labute approximate surface area is 145 Å². The molecule has 1 aliphatic rings. The van der Waals surface area contributed by atoms with Crippen LogP contribution >= 0.6 is 13.5 Å². The highest BCUT2D eigenvalue weighted by molar-refractivity contribution is 7.59. The second kappa shape index (κ2) is 7.78. The van der Waals surface area contributed by atoms with Crippen molar-refractivity contribution in [1.29, 1.82) is 0 Å². The number of halogens is 1. The van der Waals surface area contributed by atoms with Gasteiger partial charge in [-0.15, -0.1) is 0 Å². The van der Waals surface area contributed by atoms with Gasteiger partial charge in [0.05, 0.1) is 6.04 Å². The molecule has 0 amide bonds. The molecule has 2 aromatic carbocycles. The van der Waals surface area contributed by atoms with Crippen LogP contribution in [-0.2, 0) is 0 Å². The lowest BCUT2D eigenvalue weighted by Crippen LogP contribution is -2.06. The van der Waals surface area contributed by atoms with E-state index in [0.29, 0.717) is 5.56 Å². The van der Waals surface area contributed by atoms with Crippen molar-refractivity contribution in [3.05, 3.63) is 71.0 Å². The van der Waals surface area contributed by atoms with Gasteiger partial charge >= 0.3 is 0 Å². The summed E-state index contributed by atoms with van der Waals surface area (Å²) in [6, 6.07) is 15.9. The molecule has 1 nitrogen and oxygen atoms in total. The topological polar surface area (TPSA) is 12.4 Å². The van der Waals surface area contributed by atoms with Crippen molar-refractivity contribution in [1.82, 2.24) is 0 Å². The molecule has 1 fully saturated rings. The van der Waals surface area contributed by atoms with Crippen LogP contribution in [0, 0.1) is 18.7 Å². The molecule has 23 heavy (non-hydrogen) atoms. The van der Waals surface area contributed by atoms with Gasteiger partial charge in [-0.2, -0.15) is 13.5 Å². The van der Waals surface area contributed by atoms with Crippen LogP contribution < -0.4 is 0 Å². The summed E-state index contributed by atoms with van der Waals surface area (Å²) in [5.41, 5.74) is 3.85. The lowest BCUT2D eigenvalue weighted by Gasteiger charge is -2.13. The SMILES string of the molecule is Cc1ccc(C(CC2CC2)=N[C@@H](C)c2ccccc2)cc1F.S. The molecule has 0 radical (unpaired) electrons. The Morgan fingerprint density at radius 3 is 2.48 bits per heavy atom. The number of rotatable bonds is 5. The van der Waals surface area contributed by atoms with Crippen molar-refractivity contribution >= 4 is 19.2 Å². The summed E-state index contributed by atoms with van der Waals surface area (Å²) < 4.78 is 13.9. The molecular formula is C20H24FNS. The summed E-state index contributed by atoms with van der Waals surface area (Å²) in [5, 5.41) is 0. The summed E-state index contributed by atoms with van der Waals surface area (Å²) in [5.74, 6) is 0.583. The molecule has 0 bridgehead atoms. The molecule has 0 heterocycles. The Balaban J connectivity index is 0.00000192. The van der Waals surface area contributed by atoms with Crippen molar-refractivity contribution in [2.75, 3.05) is 0 Å². The number of hydrogen-bond donors (Lipinski definition) is 0. The summed E-state index contributed by atoms with van der Waals surface area (Å²) in [6.45, 7) is 3.90. The van der Waals surface area contributed by atoms with Crippen LogP contribution in [0.1, 0.15) is 48.9 Å². The summed E-state index contributed by atoms with van der Waals surface area (Å²) >= 11 is 0. The van der Waals surface area contributed by atoms with Gasteiger partial charge in [0.2, 0.25) is 0 Å². The van der Waals surface area contributed by atoms with Crippen LogP contribution in [0.3, 0.4) is 0 Å². The fraction of sp³-hybridized carbons (Fsp3) is 0.350. The average molecular weight is 329 g/mol. The summed E-state index contributed by atoms with van der Waals surface area (Å²) in [7, 11) is 0. The van der Waals surface area contributed by atoms with E-state index in [1.807, 2.05) is 30.3 Å². The maximum Gasteiger partial charge on any atom is 0.126 e. The van der Waals surface area contributed by atoms with Gasteiger partial charge in [0.1, 0.15) is 5.82 Å². The second-order valence-electron chi connectivity index (χ2n) is 6.27. The highest BCUT2D eigenvalue weighted by Crippen LogP contribution is 2.34. The van der Waals surface area contributed by atoms with Crippen molar-refractivity contribution in [2.45, 2.75) is 39.2 Å². The zero-order chi connectivity index (χ0) is 15.5. The maximum atomic E-state index is 13.9. The van der Waals surface area contributed by atoms with E-state index in [2.05, 4.69) is 19.1 Å². The van der Waals surface area contributed by atoms with E-state index in [0.717, 1.165) is 23.6 Å². The van der Waals surface area contributed by atoms with E-state index in [9.17, 15) is 4.39 Å². The molecule has 2 aromatic rings. The quantitative estimate of drug-likeness (QED) is 0.633. The minimum atomic E-state index is -0.145. The summed E-state index contributed by atoms with van der Waals surface area (Å²) in [4.78, 5) is 4.92. The molecule has 3 rings (SSSR count). The van der Waals surface area contributed by atoms with Crippen molar-refractivity contribution in [2.24, 2.45) is 10.9 Å². The molecular weight excluding hydrogens is 305 g/mol. The van der Waals surface area contributed by atoms with Gasteiger partial charge in [0.15, 0.2) is 0 Å². The molecule has 1 saturated carbocycles. The van der Waals surface area contributed by atoms with Crippen LogP contribution in [0.4, 0.5) is 4.39 Å². The Morgan fingerprint density at radius 1 is 1.17 bits per heavy atom. The molecule has 3 heteroatoms. The molecule has 1 aliphatic carbocycles. The third-order valence-electron chi connectivity index (χ3n) is 4.32. The number of aliphatic imine (C=N–C) groups is 1. The highest BCUT2D eigenvalue weighted by Gasteiger charge is 2.24. The Bertz CT molecular complexity index is 677. The van der Waals surface area contributed by atoms with Crippen molar-refractivity contribution in [3.8, 4) is 0 Å². The lowest BCUT2D eigenvalue weighted by molar-refractivity contribution is 0.618. The van der Waals surface area contributed by atoms with Gasteiger partial charge in [0, 0.05) is 5.71 Å². The van der Waals surface area contributed by atoms with Crippen molar-refractivity contribution in [3.63, 3.8) is 0 Å². The first-order valence-corrected chi connectivity index (χ1v) is 8.01. The standard InChI is InChI=1S/C20H22FN.H2S/c1-14-8-11-18(13-19(14)21)20(12-16-9-10-16)22-15(2)17-6-4-3-5-7-17;/h3-8,11,13,15-16H,9-10,12H2,1-2H3;1H2/t15-;/m0./s1. The first-order valence-electron chi connectivity index (χ1n) is 8.01. The van der Waals surface area contributed by atoms with Crippen LogP contribution in [0.25, 0.3) is 0 Å². The van der Waals surface area contributed by atoms with Gasteiger partial charge < -0.3 is 0 Å². The minimum Gasteiger partial charge on any atom is -0.281 e. The van der Waals surface area contributed by atoms with E-state index < -0.39 is 0 Å². The van der Waals surface area contributed by atoms with Crippen LogP contribution in [-0.4, -0.2) is 5.71 Å². The van der Waals surface area contributed by atoms with Crippen LogP contribution in [0.5, 0.6) is 0 Å². The van der Waals surface area contributed by atoms with Crippen LogP contribution in [0.15, 0.2) is 53.5 Å². The Kier molecular flexibility index (Phi) is 6.00. The molecule has 0 spiro atoms. The Morgan fingerprint density at radius 2 is 1.87 bits per heavy atom. The third kappa shape index (κ3) is 4.68. The first kappa shape index (κ1) is 17.7. The predicted octanol–water partition coefficient (Wildman–Crippen LogP) is 5.60. The lowest BCUT2D eigenvalue weighted by atomic mass is 10.0. The number of aryl methyl sites for hydroxylation is 1. The van der Waals surface area contributed by atoms with E-state index in [1.54, 1.807) is 13.0 Å². The maximum absolute atomic E-state index is 13.9. The second-order valence-corrected chi connectivity index (χ2v) is 6.27. The van der Waals surface area contributed by atoms with E-state index >= 15 is 0 Å². The molecule has 0 aliphatic heterocycles. The molecule has 0 unspecified atom stereocenters. The van der Waals surface area contributed by atoms with Gasteiger partial charge in [0.25, 0.3) is 0 Å². The largest absolute Gasteiger partial charge is 0.281 e. The number of nitrogens with zero attached hydrogens (tertiary/aromatic N) is 1. The molecule has 0 N–H and O–H groups in total. The summed E-state index contributed by atoms with van der Waals surface area (Å²) in [6.07, 6.45) is 3.50. The zero-order valence-electron chi connectivity index (χ0n) is 13.7. The van der Waals surface area contributed by atoms with E-state index in [-0.39, 0.29) is 25.4 Å². The Hall–Kier alpha value is -1.61. The smallest absolute Gasteiger partial charge is 0.126 e. The average Bonchev–Trinajstić information content (AvgIpc) is 3.34. The fourth-order valence-corrected chi connectivity index (χ4v) is 2.65. The van der Waals surface area contributed by atoms with Gasteiger partial charge in [-0.3, -0.25) is 4.99 Å². The molecule has 122 valence electrons. The monoisotopic (exact) mass is 329 g/mol. The molecule has 0 aromatic heterocycles. The normalized spacial score (nSPS) is 15.9. The van der Waals surface area contributed by atoms with Gasteiger partial charge in [-0.25, -0.2) is 4.39 Å². The number of benzene rings is 2. The highest BCUT2D eigenvalue weighted by atomic mass is 32.1.